The zero-order valence-corrected chi connectivity index (χ0v) is 27.4. The quantitative estimate of drug-likeness (QED) is 0.0684. The molecule has 234 valence electrons. The SMILES string of the molecule is CCN(CC)c1ccc(C(c2ccc(C)cc2)c2ccc(NCCOC(=O)C(C)(C)CC)c3ccccc23)c(S(=O)(=O)O)c1. The first-order chi connectivity index (χ1) is 20.9. The Kier molecular flexibility index (Phi) is 10.4. The molecule has 4 aromatic carbocycles. The number of fused-ring (bicyclic) bond motifs is 1. The molecule has 2 N–H and O–H groups in total. The number of carbonyl (C=O) groups excluding carboxylic acids is 1. The van der Waals surface area contributed by atoms with Gasteiger partial charge in [0.25, 0.3) is 10.1 Å². The maximum absolute atomic E-state index is 12.9. The summed E-state index contributed by atoms with van der Waals surface area (Å²) in [6, 6.07) is 25.3. The molecule has 0 saturated carbocycles. The fourth-order valence-electron chi connectivity index (χ4n) is 5.45. The minimum atomic E-state index is -4.55. The van der Waals surface area contributed by atoms with E-state index >= 15 is 0 Å². The van der Waals surface area contributed by atoms with E-state index in [2.05, 4.69) is 10.2 Å². The lowest BCUT2D eigenvalue weighted by Gasteiger charge is -2.26. The molecule has 7 nitrogen and oxygen atoms in total. The summed E-state index contributed by atoms with van der Waals surface area (Å²) >= 11 is 0. The molecule has 0 heterocycles. The molecule has 0 fully saturated rings. The summed E-state index contributed by atoms with van der Waals surface area (Å²) in [6.07, 6.45) is 0.699. The van der Waals surface area contributed by atoms with Crippen LogP contribution in [0.2, 0.25) is 0 Å². The fourth-order valence-corrected chi connectivity index (χ4v) is 6.21. The smallest absolute Gasteiger partial charge is 0.311 e. The molecule has 1 unspecified atom stereocenters. The van der Waals surface area contributed by atoms with Gasteiger partial charge in [-0.2, -0.15) is 8.42 Å². The number of ether oxygens (including phenoxy) is 1. The van der Waals surface area contributed by atoms with Crippen LogP contribution in [0.1, 0.15) is 69.2 Å². The summed E-state index contributed by atoms with van der Waals surface area (Å²) in [5.74, 6) is -0.695. The van der Waals surface area contributed by atoms with Gasteiger partial charge in [0, 0.05) is 42.3 Å². The van der Waals surface area contributed by atoms with Crippen LogP contribution in [0.3, 0.4) is 0 Å². The van der Waals surface area contributed by atoms with Crippen molar-refractivity contribution in [3.05, 3.63) is 101 Å². The van der Waals surface area contributed by atoms with Crippen molar-refractivity contribution in [1.29, 1.82) is 0 Å². The highest BCUT2D eigenvalue weighted by atomic mass is 32.2. The van der Waals surface area contributed by atoms with E-state index < -0.39 is 21.5 Å². The molecular formula is C36H44N2O5S. The number of nitrogens with one attached hydrogen (secondary N) is 1. The van der Waals surface area contributed by atoms with E-state index in [0.717, 1.165) is 38.8 Å². The minimum absolute atomic E-state index is 0.101. The van der Waals surface area contributed by atoms with Crippen LogP contribution in [0.4, 0.5) is 11.4 Å². The van der Waals surface area contributed by atoms with Crippen molar-refractivity contribution >= 4 is 38.2 Å². The number of carbonyl (C=O) groups is 1. The maximum atomic E-state index is 12.9. The van der Waals surface area contributed by atoms with Crippen LogP contribution in [0.25, 0.3) is 10.8 Å². The van der Waals surface area contributed by atoms with E-state index in [-0.39, 0.29) is 17.5 Å². The van der Waals surface area contributed by atoms with Gasteiger partial charge in [-0.05, 0) is 81.3 Å². The van der Waals surface area contributed by atoms with Crippen LogP contribution in [0.5, 0.6) is 0 Å². The second-order valence-corrected chi connectivity index (χ2v) is 13.2. The molecule has 0 spiro atoms. The van der Waals surface area contributed by atoms with Crippen molar-refractivity contribution in [3.63, 3.8) is 0 Å². The molecule has 0 aliphatic carbocycles. The Morgan fingerprint density at radius 2 is 1.55 bits per heavy atom. The number of hydrogen-bond donors (Lipinski definition) is 2. The van der Waals surface area contributed by atoms with Crippen LogP contribution in [0.15, 0.2) is 83.8 Å². The van der Waals surface area contributed by atoms with Gasteiger partial charge in [-0.25, -0.2) is 0 Å². The molecule has 8 heteroatoms. The number of rotatable bonds is 13. The normalized spacial score (nSPS) is 12.6. The van der Waals surface area contributed by atoms with Crippen molar-refractivity contribution < 1.29 is 22.5 Å². The number of esters is 1. The summed E-state index contributed by atoms with van der Waals surface area (Å²) in [7, 11) is -4.55. The Bertz CT molecular complexity index is 1710. The Labute approximate surface area is 262 Å². The second-order valence-electron chi connectivity index (χ2n) is 11.8. The first kappa shape index (κ1) is 33.0. The summed E-state index contributed by atoms with van der Waals surface area (Å²) in [6.45, 7) is 13.8. The molecule has 0 bridgehead atoms. The minimum Gasteiger partial charge on any atom is -0.463 e. The third-order valence-corrected chi connectivity index (χ3v) is 9.39. The van der Waals surface area contributed by atoms with Crippen LogP contribution in [-0.4, -0.2) is 45.2 Å². The Balaban J connectivity index is 1.82. The van der Waals surface area contributed by atoms with E-state index in [1.54, 1.807) is 6.07 Å². The Morgan fingerprint density at radius 1 is 0.909 bits per heavy atom. The molecule has 0 radical (unpaired) electrons. The standard InChI is InChI=1S/C36H44N2O5S/c1-7-36(5,6)35(39)43-23-22-37-32-21-20-30(28-12-10-11-13-29(28)32)34(26-16-14-25(4)15-17-26)31-19-18-27(38(8-2)9-3)24-33(31)44(40,41)42/h10-21,24,34,37H,7-9,22-23H2,1-6H3,(H,40,41,42). The number of anilines is 2. The van der Waals surface area contributed by atoms with Crippen molar-refractivity contribution in [2.45, 2.75) is 58.8 Å². The van der Waals surface area contributed by atoms with E-state index in [0.29, 0.717) is 31.6 Å². The van der Waals surface area contributed by atoms with Crippen molar-refractivity contribution in [2.75, 3.05) is 36.5 Å². The van der Waals surface area contributed by atoms with E-state index in [4.69, 9.17) is 4.74 Å². The molecule has 0 saturated heterocycles. The third kappa shape index (κ3) is 7.25. The molecule has 0 aliphatic heterocycles. The molecular weight excluding hydrogens is 572 g/mol. The molecule has 4 rings (SSSR count). The average molecular weight is 617 g/mol. The number of benzene rings is 4. The predicted molar refractivity (Wildman–Crippen MR) is 179 cm³/mol. The van der Waals surface area contributed by atoms with E-state index in [1.807, 2.05) is 114 Å². The van der Waals surface area contributed by atoms with Crippen LogP contribution >= 0.6 is 0 Å². The van der Waals surface area contributed by atoms with Crippen molar-refractivity contribution in [1.82, 2.24) is 0 Å². The topological polar surface area (TPSA) is 95.9 Å². The van der Waals surface area contributed by atoms with Gasteiger partial charge in [-0.3, -0.25) is 9.35 Å². The van der Waals surface area contributed by atoms with Crippen molar-refractivity contribution in [3.8, 4) is 0 Å². The summed E-state index contributed by atoms with van der Waals surface area (Å²) < 4.78 is 41.8. The maximum Gasteiger partial charge on any atom is 0.311 e. The lowest BCUT2D eigenvalue weighted by Crippen LogP contribution is -2.27. The lowest BCUT2D eigenvalue weighted by atomic mass is 9.82. The van der Waals surface area contributed by atoms with Gasteiger partial charge >= 0.3 is 5.97 Å². The summed E-state index contributed by atoms with van der Waals surface area (Å²) in [5.41, 5.74) is 4.50. The first-order valence-electron chi connectivity index (χ1n) is 15.3. The van der Waals surface area contributed by atoms with Crippen LogP contribution in [0, 0.1) is 12.3 Å². The Hall–Kier alpha value is -3.88. The van der Waals surface area contributed by atoms with Gasteiger partial charge in [0.05, 0.1) is 5.41 Å². The fraction of sp³-hybridized carbons (Fsp3) is 0.361. The van der Waals surface area contributed by atoms with Crippen molar-refractivity contribution in [2.24, 2.45) is 5.41 Å². The van der Waals surface area contributed by atoms with Gasteiger partial charge in [0.15, 0.2) is 0 Å². The summed E-state index contributed by atoms with van der Waals surface area (Å²) in [4.78, 5) is 14.4. The van der Waals surface area contributed by atoms with Crippen LogP contribution in [-0.2, 0) is 19.6 Å². The molecule has 4 aromatic rings. The lowest BCUT2D eigenvalue weighted by molar-refractivity contribution is -0.153. The molecule has 0 aliphatic rings. The monoisotopic (exact) mass is 616 g/mol. The highest BCUT2D eigenvalue weighted by molar-refractivity contribution is 7.85. The number of aryl methyl sites for hydroxylation is 1. The average Bonchev–Trinajstić information content (AvgIpc) is 3.01. The van der Waals surface area contributed by atoms with Gasteiger partial charge in [-0.15, -0.1) is 0 Å². The molecule has 44 heavy (non-hydrogen) atoms. The first-order valence-corrected chi connectivity index (χ1v) is 16.7. The number of nitrogens with zero attached hydrogens (tertiary/aromatic N) is 1. The Morgan fingerprint density at radius 3 is 2.16 bits per heavy atom. The second kappa shape index (κ2) is 13.8. The third-order valence-electron chi connectivity index (χ3n) is 8.48. The van der Waals surface area contributed by atoms with E-state index in [1.165, 1.54) is 0 Å². The van der Waals surface area contributed by atoms with Gasteiger partial charge in [0.1, 0.15) is 11.5 Å². The van der Waals surface area contributed by atoms with E-state index in [9.17, 15) is 17.8 Å². The van der Waals surface area contributed by atoms with Gasteiger partial charge < -0.3 is 15.0 Å². The van der Waals surface area contributed by atoms with Gasteiger partial charge in [0.2, 0.25) is 0 Å². The summed E-state index contributed by atoms with van der Waals surface area (Å²) in [5, 5.41) is 5.32. The van der Waals surface area contributed by atoms with Gasteiger partial charge in [-0.1, -0.05) is 73.2 Å². The highest BCUT2D eigenvalue weighted by Crippen LogP contribution is 2.41. The zero-order valence-electron chi connectivity index (χ0n) is 26.6. The molecule has 0 amide bonds. The molecule has 1 atom stereocenters. The van der Waals surface area contributed by atoms with Crippen LogP contribution < -0.4 is 10.2 Å². The number of hydrogen-bond acceptors (Lipinski definition) is 6. The largest absolute Gasteiger partial charge is 0.463 e. The molecule has 0 aromatic heterocycles. The zero-order chi connectivity index (χ0) is 32.1. The highest BCUT2D eigenvalue weighted by Gasteiger charge is 2.28. The predicted octanol–water partition coefficient (Wildman–Crippen LogP) is 7.81.